The van der Waals surface area contributed by atoms with Crippen LogP contribution in [-0.4, -0.2) is 9.97 Å². The second-order valence-corrected chi connectivity index (χ2v) is 4.46. The molecule has 0 aliphatic carbocycles. The van der Waals surface area contributed by atoms with E-state index in [1.165, 1.54) is 5.56 Å². The number of aromatic nitrogens is 2. The molecule has 0 fully saturated rings. The van der Waals surface area contributed by atoms with Gasteiger partial charge in [-0.05, 0) is 49.9 Å². The van der Waals surface area contributed by atoms with Crippen molar-refractivity contribution in [3.8, 4) is 0 Å². The lowest BCUT2D eigenvalue weighted by atomic mass is 10.1. The Labute approximate surface area is 106 Å². The van der Waals surface area contributed by atoms with Gasteiger partial charge in [0.15, 0.2) is 0 Å². The van der Waals surface area contributed by atoms with Gasteiger partial charge in [0.1, 0.15) is 0 Å². The van der Waals surface area contributed by atoms with Gasteiger partial charge in [0.2, 0.25) is 0 Å². The second-order valence-electron chi connectivity index (χ2n) is 4.46. The van der Waals surface area contributed by atoms with E-state index in [0.717, 1.165) is 36.3 Å². The number of anilines is 1. The number of rotatable bonds is 4. The highest BCUT2D eigenvalue weighted by molar-refractivity contribution is 5.39. The van der Waals surface area contributed by atoms with E-state index in [9.17, 15) is 4.79 Å². The Morgan fingerprint density at radius 2 is 1.94 bits per heavy atom. The number of aryl methyl sites for hydroxylation is 3. The lowest BCUT2D eigenvalue weighted by molar-refractivity contribution is 0.784. The molecule has 0 atom stereocenters. The second kappa shape index (κ2) is 5.49. The zero-order chi connectivity index (χ0) is 13.0. The lowest BCUT2D eigenvalue weighted by Gasteiger charge is -2.03. The third-order valence-electron chi connectivity index (χ3n) is 2.81. The quantitative estimate of drug-likeness (QED) is 0.805. The molecule has 0 unspecified atom stereocenters. The maximum atomic E-state index is 11.2. The molecule has 0 aliphatic rings. The molecular weight excluding hydrogens is 226 g/mol. The summed E-state index contributed by atoms with van der Waals surface area (Å²) in [6.45, 7) is 1.87. The Morgan fingerprint density at radius 3 is 2.61 bits per heavy atom. The van der Waals surface area contributed by atoms with Crippen molar-refractivity contribution in [1.82, 2.24) is 9.97 Å². The van der Waals surface area contributed by atoms with E-state index in [1.54, 1.807) is 0 Å². The third-order valence-corrected chi connectivity index (χ3v) is 2.81. The van der Waals surface area contributed by atoms with Crippen LogP contribution < -0.4 is 11.4 Å². The van der Waals surface area contributed by atoms with Crippen molar-refractivity contribution < 1.29 is 0 Å². The summed E-state index contributed by atoms with van der Waals surface area (Å²) in [6, 6.07) is 9.80. The minimum absolute atomic E-state index is 0.266. The van der Waals surface area contributed by atoms with Gasteiger partial charge in [0, 0.05) is 17.1 Å². The van der Waals surface area contributed by atoms with Gasteiger partial charge in [-0.3, -0.25) is 0 Å². The van der Waals surface area contributed by atoms with Crippen LogP contribution in [0.3, 0.4) is 0 Å². The zero-order valence-electron chi connectivity index (χ0n) is 10.4. The van der Waals surface area contributed by atoms with E-state index in [1.807, 2.05) is 37.3 Å². The summed E-state index contributed by atoms with van der Waals surface area (Å²) in [5.41, 5.74) is 9.12. The largest absolute Gasteiger partial charge is 0.399 e. The van der Waals surface area contributed by atoms with Crippen molar-refractivity contribution in [3.05, 3.63) is 57.8 Å². The smallest absolute Gasteiger partial charge is 0.345 e. The summed E-state index contributed by atoms with van der Waals surface area (Å²) in [7, 11) is 0. The van der Waals surface area contributed by atoms with E-state index in [0.29, 0.717) is 0 Å². The minimum atomic E-state index is -0.266. The molecule has 1 heterocycles. The van der Waals surface area contributed by atoms with Crippen molar-refractivity contribution in [1.29, 1.82) is 0 Å². The Kier molecular flexibility index (Phi) is 3.77. The van der Waals surface area contributed by atoms with Crippen LogP contribution in [0.5, 0.6) is 0 Å². The molecule has 0 saturated carbocycles. The predicted octanol–water partition coefficient (Wildman–Crippen LogP) is 1.84. The summed E-state index contributed by atoms with van der Waals surface area (Å²) in [6.07, 6.45) is 2.75. The first kappa shape index (κ1) is 12.4. The average Bonchev–Trinajstić information content (AvgIpc) is 2.30. The molecule has 2 aromatic rings. The molecule has 1 aromatic heterocycles. The van der Waals surface area contributed by atoms with Gasteiger partial charge in [-0.25, -0.2) is 4.79 Å². The van der Waals surface area contributed by atoms with E-state index < -0.39 is 0 Å². The van der Waals surface area contributed by atoms with Gasteiger partial charge in [0.05, 0.1) is 0 Å². The van der Waals surface area contributed by atoms with Crippen molar-refractivity contribution in [2.75, 3.05) is 5.73 Å². The summed E-state index contributed by atoms with van der Waals surface area (Å²) < 4.78 is 0. The van der Waals surface area contributed by atoms with Crippen LogP contribution in [0.2, 0.25) is 0 Å². The number of nitrogens with zero attached hydrogens (tertiary/aromatic N) is 1. The van der Waals surface area contributed by atoms with Crippen molar-refractivity contribution in [2.45, 2.75) is 26.2 Å². The van der Waals surface area contributed by atoms with Gasteiger partial charge >= 0.3 is 5.69 Å². The number of benzene rings is 1. The summed E-state index contributed by atoms with van der Waals surface area (Å²) in [4.78, 5) is 17.8. The van der Waals surface area contributed by atoms with Gasteiger partial charge in [-0.2, -0.15) is 4.98 Å². The zero-order valence-corrected chi connectivity index (χ0v) is 10.4. The number of nitrogens with two attached hydrogens (primary N) is 1. The molecule has 0 bridgehead atoms. The van der Waals surface area contributed by atoms with Crippen molar-refractivity contribution in [2.24, 2.45) is 0 Å². The first-order chi connectivity index (χ1) is 8.63. The van der Waals surface area contributed by atoms with Gasteiger partial charge < -0.3 is 10.7 Å². The molecule has 18 heavy (non-hydrogen) atoms. The molecule has 2 rings (SSSR count). The van der Waals surface area contributed by atoms with Gasteiger partial charge in [-0.15, -0.1) is 0 Å². The standard InChI is InChI=1S/C14H17N3O/c1-10-9-13(17-14(18)16-10)4-2-3-11-5-7-12(15)8-6-11/h5-9H,2-4,15H2,1H3,(H,16,17,18). The number of nitrogens with one attached hydrogen (secondary N) is 1. The van der Waals surface area contributed by atoms with Gasteiger partial charge in [-0.1, -0.05) is 12.1 Å². The van der Waals surface area contributed by atoms with Gasteiger partial charge in [0.25, 0.3) is 0 Å². The molecule has 0 saturated heterocycles. The van der Waals surface area contributed by atoms with E-state index in [4.69, 9.17) is 5.73 Å². The van der Waals surface area contributed by atoms with Crippen LogP contribution in [0.25, 0.3) is 0 Å². The SMILES string of the molecule is Cc1cc(CCCc2ccc(N)cc2)nc(=O)[nH]1. The number of nitrogen functional groups attached to an aromatic ring is 1. The number of hydrogen-bond donors (Lipinski definition) is 2. The number of aromatic amines is 1. The maximum Gasteiger partial charge on any atom is 0.345 e. The highest BCUT2D eigenvalue weighted by Crippen LogP contribution is 2.09. The Morgan fingerprint density at radius 1 is 1.22 bits per heavy atom. The fraction of sp³-hybridized carbons (Fsp3) is 0.286. The van der Waals surface area contributed by atoms with E-state index >= 15 is 0 Å². The minimum Gasteiger partial charge on any atom is -0.399 e. The topological polar surface area (TPSA) is 71.8 Å². The monoisotopic (exact) mass is 243 g/mol. The first-order valence-electron chi connectivity index (χ1n) is 6.05. The molecule has 0 spiro atoms. The summed E-state index contributed by atoms with van der Waals surface area (Å²) in [5.74, 6) is 0. The molecule has 0 amide bonds. The normalized spacial score (nSPS) is 10.5. The molecular formula is C14H17N3O. The van der Waals surface area contributed by atoms with Crippen molar-refractivity contribution >= 4 is 5.69 Å². The maximum absolute atomic E-state index is 11.2. The van der Waals surface area contributed by atoms with E-state index in [-0.39, 0.29) is 5.69 Å². The van der Waals surface area contributed by atoms with Crippen LogP contribution in [0.4, 0.5) is 5.69 Å². The molecule has 4 nitrogen and oxygen atoms in total. The van der Waals surface area contributed by atoms with Crippen LogP contribution in [-0.2, 0) is 12.8 Å². The highest BCUT2D eigenvalue weighted by Gasteiger charge is 1.99. The Bertz CT molecular complexity index is 572. The molecule has 0 radical (unpaired) electrons. The van der Waals surface area contributed by atoms with Crippen LogP contribution in [0.1, 0.15) is 23.4 Å². The average molecular weight is 243 g/mol. The lowest BCUT2D eigenvalue weighted by Crippen LogP contribution is -2.13. The first-order valence-corrected chi connectivity index (χ1v) is 6.05. The third kappa shape index (κ3) is 3.45. The highest BCUT2D eigenvalue weighted by atomic mass is 16.1. The molecule has 94 valence electrons. The molecule has 1 aromatic carbocycles. The predicted molar refractivity (Wildman–Crippen MR) is 72.5 cm³/mol. The van der Waals surface area contributed by atoms with Crippen molar-refractivity contribution in [3.63, 3.8) is 0 Å². The molecule has 0 aliphatic heterocycles. The Balaban J connectivity index is 1.92. The number of hydrogen-bond acceptors (Lipinski definition) is 3. The number of H-pyrrole nitrogens is 1. The fourth-order valence-corrected chi connectivity index (χ4v) is 1.93. The summed E-state index contributed by atoms with van der Waals surface area (Å²) in [5, 5.41) is 0. The summed E-state index contributed by atoms with van der Waals surface area (Å²) >= 11 is 0. The van der Waals surface area contributed by atoms with E-state index in [2.05, 4.69) is 9.97 Å². The molecule has 4 heteroatoms. The van der Waals surface area contributed by atoms with Crippen LogP contribution in [0, 0.1) is 6.92 Å². The molecule has 3 N–H and O–H groups in total. The fourth-order valence-electron chi connectivity index (χ4n) is 1.93. The van der Waals surface area contributed by atoms with Crippen LogP contribution in [0.15, 0.2) is 35.1 Å². The Hall–Kier alpha value is -2.10. The van der Waals surface area contributed by atoms with Crippen LogP contribution >= 0.6 is 0 Å².